The number of pyridine rings is 1. The van der Waals surface area contributed by atoms with Crippen LogP contribution < -0.4 is 5.56 Å². The van der Waals surface area contributed by atoms with Gasteiger partial charge in [-0.25, -0.2) is 0 Å². The van der Waals surface area contributed by atoms with Crippen molar-refractivity contribution in [3.05, 3.63) is 33.2 Å². The fraction of sp³-hybridized carbons (Fsp3) is 0.562. The monoisotopic (exact) mass is 304 g/mol. The largest absolute Gasteiger partial charge is 0.481 e. The Bertz CT molecular complexity index is 679. The second kappa shape index (κ2) is 5.59. The molecule has 0 spiro atoms. The van der Waals surface area contributed by atoms with Gasteiger partial charge in [0.15, 0.2) is 0 Å². The van der Waals surface area contributed by atoms with E-state index in [1.165, 1.54) is 4.90 Å². The third-order valence-electron chi connectivity index (χ3n) is 4.79. The van der Waals surface area contributed by atoms with Crippen LogP contribution in [0.2, 0.25) is 0 Å². The number of carbonyl (C=O) groups excluding carboxylic acids is 1. The van der Waals surface area contributed by atoms with Gasteiger partial charge in [-0.2, -0.15) is 0 Å². The lowest BCUT2D eigenvalue weighted by Crippen LogP contribution is -2.34. The van der Waals surface area contributed by atoms with Gasteiger partial charge in [-0.1, -0.05) is 6.92 Å². The first-order valence-corrected chi connectivity index (χ1v) is 7.74. The Morgan fingerprint density at radius 2 is 2.00 bits per heavy atom. The van der Waals surface area contributed by atoms with Gasteiger partial charge in [0.25, 0.3) is 11.5 Å². The van der Waals surface area contributed by atoms with E-state index in [4.69, 9.17) is 5.11 Å². The van der Waals surface area contributed by atoms with E-state index in [9.17, 15) is 14.4 Å². The number of carboxylic acids is 1. The third-order valence-corrected chi connectivity index (χ3v) is 4.79. The maximum atomic E-state index is 12.6. The number of amides is 1. The molecule has 3 rings (SSSR count). The van der Waals surface area contributed by atoms with Gasteiger partial charge in [-0.3, -0.25) is 14.4 Å². The summed E-state index contributed by atoms with van der Waals surface area (Å²) in [6.07, 6.45) is 3.84. The lowest BCUT2D eigenvalue weighted by Gasteiger charge is -2.19. The SMILES string of the molecule is C[C@@H]1CN(C(=O)c2cc3c([nH]c2=O)CCCC3)C[C@H]1C(=O)O. The van der Waals surface area contributed by atoms with E-state index in [0.29, 0.717) is 6.54 Å². The van der Waals surface area contributed by atoms with Crippen molar-refractivity contribution in [2.75, 3.05) is 13.1 Å². The molecule has 0 saturated carbocycles. The molecule has 2 aliphatic rings. The summed E-state index contributed by atoms with van der Waals surface area (Å²) in [6, 6.07) is 1.70. The van der Waals surface area contributed by atoms with E-state index in [1.54, 1.807) is 6.07 Å². The highest BCUT2D eigenvalue weighted by molar-refractivity contribution is 5.94. The van der Waals surface area contributed by atoms with Crippen molar-refractivity contribution in [1.29, 1.82) is 0 Å². The zero-order valence-electron chi connectivity index (χ0n) is 12.6. The highest BCUT2D eigenvalue weighted by atomic mass is 16.4. The Morgan fingerprint density at radius 1 is 1.27 bits per heavy atom. The highest BCUT2D eigenvalue weighted by Gasteiger charge is 2.37. The number of carboxylic acid groups (broad SMARTS) is 1. The first-order valence-electron chi connectivity index (χ1n) is 7.74. The van der Waals surface area contributed by atoms with Crippen molar-refractivity contribution in [3.8, 4) is 0 Å². The number of likely N-dealkylation sites (tertiary alicyclic amines) is 1. The van der Waals surface area contributed by atoms with Crippen LogP contribution in [0, 0.1) is 11.8 Å². The first kappa shape index (κ1) is 14.8. The number of fused-ring (bicyclic) bond motifs is 1. The average Bonchev–Trinajstić information content (AvgIpc) is 2.88. The summed E-state index contributed by atoms with van der Waals surface area (Å²) in [4.78, 5) is 40.2. The molecular formula is C16H20N2O4. The third kappa shape index (κ3) is 2.53. The van der Waals surface area contributed by atoms with Crippen molar-refractivity contribution < 1.29 is 14.7 Å². The van der Waals surface area contributed by atoms with Gasteiger partial charge >= 0.3 is 5.97 Å². The summed E-state index contributed by atoms with van der Waals surface area (Å²) < 4.78 is 0. The van der Waals surface area contributed by atoms with Crippen molar-refractivity contribution in [3.63, 3.8) is 0 Å². The van der Waals surface area contributed by atoms with E-state index >= 15 is 0 Å². The summed E-state index contributed by atoms with van der Waals surface area (Å²) in [6.45, 7) is 2.38. The molecule has 6 heteroatoms. The van der Waals surface area contributed by atoms with Crippen LogP contribution in [0.4, 0.5) is 0 Å². The molecule has 1 aliphatic carbocycles. The van der Waals surface area contributed by atoms with Crippen LogP contribution in [0.15, 0.2) is 10.9 Å². The van der Waals surface area contributed by atoms with E-state index in [2.05, 4.69) is 4.98 Å². The molecule has 2 atom stereocenters. The minimum atomic E-state index is -0.887. The number of rotatable bonds is 2. The topological polar surface area (TPSA) is 90.5 Å². The number of nitrogens with one attached hydrogen (secondary N) is 1. The van der Waals surface area contributed by atoms with Gasteiger partial charge < -0.3 is 15.0 Å². The van der Waals surface area contributed by atoms with E-state index in [-0.39, 0.29) is 29.5 Å². The Hall–Kier alpha value is -2.11. The van der Waals surface area contributed by atoms with E-state index in [0.717, 1.165) is 36.9 Å². The minimum Gasteiger partial charge on any atom is -0.481 e. The molecule has 1 fully saturated rings. The molecule has 0 radical (unpaired) electrons. The molecule has 0 aromatic carbocycles. The van der Waals surface area contributed by atoms with Crippen LogP contribution in [0.25, 0.3) is 0 Å². The minimum absolute atomic E-state index is 0.0989. The second-order valence-corrected chi connectivity index (χ2v) is 6.36. The molecule has 1 aliphatic heterocycles. The number of nitrogens with zero attached hydrogens (tertiary/aromatic N) is 1. The van der Waals surface area contributed by atoms with Gasteiger partial charge in [-0.15, -0.1) is 0 Å². The van der Waals surface area contributed by atoms with Crippen molar-refractivity contribution in [1.82, 2.24) is 9.88 Å². The maximum absolute atomic E-state index is 12.6. The summed E-state index contributed by atoms with van der Waals surface area (Å²) in [5.74, 6) is -1.90. The number of carbonyl (C=O) groups is 2. The highest BCUT2D eigenvalue weighted by Crippen LogP contribution is 2.25. The molecular weight excluding hydrogens is 284 g/mol. The van der Waals surface area contributed by atoms with Crippen LogP contribution in [0.1, 0.15) is 41.4 Å². The normalized spacial score (nSPS) is 24.1. The number of hydrogen-bond donors (Lipinski definition) is 2. The number of aliphatic carboxylic acids is 1. The van der Waals surface area contributed by atoms with Crippen molar-refractivity contribution >= 4 is 11.9 Å². The lowest BCUT2D eigenvalue weighted by molar-refractivity contribution is -0.142. The Kier molecular flexibility index (Phi) is 3.76. The zero-order chi connectivity index (χ0) is 15.9. The van der Waals surface area contributed by atoms with Crippen molar-refractivity contribution in [2.24, 2.45) is 11.8 Å². The molecule has 0 unspecified atom stereocenters. The first-order chi connectivity index (χ1) is 10.5. The molecule has 0 bridgehead atoms. The van der Waals surface area contributed by atoms with Gasteiger partial charge in [0.2, 0.25) is 0 Å². The van der Waals surface area contributed by atoms with E-state index in [1.807, 2.05) is 6.92 Å². The van der Waals surface area contributed by atoms with Crippen LogP contribution in [-0.4, -0.2) is 40.0 Å². The second-order valence-electron chi connectivity index (χ2n) is 6.36. The van der Waals surface area contributed by atoms with Crippen LogP contribution in [0.3, 0.4) is 0 Å². The number of hydrogen-bond acceptors (Lipinski definition) is 3. The standard InChI is InChI=1S/C16H20N2O4/c1-9-7-18(8-12(9)16(21)22)15(20)11-6-10-4-2-3-5-13(10)17-14(11)19/h6,9,12H,2-5,7-8H2,1H3,(H,17,19)(H,21,22)/t9-,12-/m1/s1. The molecule has 6 nitrogen and oxygen atoms in total. The molecule has 118 valence electrons. The Morgan fingerprint density at radius 3 is 2.68 bits per heavy atom. The molecule has 2 heterocycles. The lowest BCUT2D eigenvalue weighted by atomic mass is 9.95. The quantitative estimate of drug-likeness (QED) is 0.854. The molecule has 22 heavy (non-hydrogen) atoms. The van der Waals surface area contributed by atoms with Crippen LogP contribution in [-0.2, 0) is 17.6 Å². The van der Waals surface area contributed by atoms with Gasteiger partial charge in [0.1, 0.15) is 5.56 Å². The van der Waals surface area contributed by atoms with Gasteiger partial charge in [0.05, 0.1) is 5.92 Å². The maximum Gasteiger partial charge on any atom is 0.308 e. The van der Waals surface area contributed by atoms with Crippen LogP contribution >= 0.6 is 0 Å². The number of H-pyrrole nitrogens is 1. The average molecular weight is 304 g/mol. The number of aryl methyl sites for hydroxylation is 2. The van der Waals surface area contributed by atoms with Crippen molar-refractivity contribution in [2.45, 2.75) is 32.6 Å². The zero-order valence-corrected chi connectivity index (χ0v) is 12.6. The Labute approximate surface area is 128 Å². The summed E-state index contributed by atoms with van der Waals surface area (Å²) in [5, 5.41) is 9.16. The number of aromatic amines is 1. The predicted octanol–water partition coefficient (Wildman–Crippen LogP) is 1.05. The molecule has 1 aromatic heterocycles. The fourth-order valence-corrected chi connectivity index (χ4v) is 3.46. The summed E-state index contributed by atoms with van der Waals surface area (Å²) >= 11 is 0. The smallest absolute Gasteiger partial charge is 0.308 e. The molecule has 1 aromatic rings. The fourth-order valence-electron chi connectivity index (χ4n) is 3.46. The van der Waals surface area contributed by atoms with E-state index < -0.39 is 11.9 Å². The van der Waals surface area contributed by atoms with Gasteiger partial charge in [0, 0.05) is 18.8 Å². The summed E-state index contributed by atoms with van der Waals surface area (Å²) in [5.41, 5.74) is 1.75. The predicted molar refractivity (Wildman–Crippen MR) is 79.9 cm³/mol. The molecule has 1 amide bonds. The molecule has 1 saturated heterocycles. The van der Waals surface area contributed by atoms with Gasteiger partial charge in [-0.05, 0) is 43.2 Å². The molecule has 2 N–H and O–H groups in total. The number of aromatic nitrogens is 1. The summed E-state index contributed by atoms with van der Waals surface area (Å²) in [7, 11) is 0. The van der Waals surface area contributed by atoms with Crippen LogP contribution in [0.5, 0.6) is 0 Å². The Balaban J connectivity index is 1.87.